The fourth-order valence-electron chi connectivity index (χ4n) is 1.01. The van der Waals surface area contributed by atoms with Crippen LogP contribution in [0.4, 0.5) is 0 Å². The van der Waals surface area contributed by atoms with Crippen molar-refractivity contribution in [3.63, 3.8) is 0 Å². The van der Waals surface area contributed by atoms with Crippen LogP contribution in [0.5, 0.6) is 0 Å². The summed E-state index contributed by atoms with van der Waals surface area (Å²) in [6, 6.07) is 0.464. The van der Waals surface area contributed by atoms with Gasteiger partial charge in [0.1, 0.15) is 0 Å². The first-order valence-electron chi connectivity index (χ1n) is 4.39. The molecule has 0 saturated heterocycles. The summed E-state index contributed by atoms with van der Waals surface area (Å²) in [4.78, 5) is 0. The molecule has 0 aromatic rings. The summed E-state index contributed by atoms with van der Waals surface area (Å²) < 4.78 is 0. The van der Waals surface area contributed by atoms with Crippen LogP contribution >= 0.6 is 0 Å². The molecule has 0 aliphatic carbocycles. The number of hydrogen-bond donors (Lipinski definition) is 3. The lowest BCUT2D eigenvalue weighted by Gasteiger charge is -2.14. The van der Waals surface area contributed by atoms with Crippen molar-refractivity contribution in [1.29, 1.82) is 0 Å². The van der Waals surface area contributed by atoms with E-state index in [2.05, 4.69) is 12.2 Å². The molecule has 0 bridgehead atoms. The first-order chi connectivity index (χ1) is 5.35. The summed E-state index contributed by atoms with van der Waals surface area (Å²) in [6.45, 7) is 4.10. The quantitative estimate of drug-likeness (QED) is 0.462. The Kier molecular flexibility index (Phi) is 7.89. The van der Waals surface area contributed by atoms with Crippen molar-refractivity contribution in [2.24, 2.45) is 5.73 Å². The molecule has 1 atom stereocenters. The van der Waals surface area contributed by atoms with E-state index >= 15 is 0 Å². The maximum Gasteiger partial charge on any atom is 0.0445 e. The van der Waals surface area contributed by atoms with Gasteiger partial charge in [0.05, 0.1) is 0 Å². The minimum absolute atomic E-state index is 0.272. The van der Waals surface area contributed by atoms with Gasteiger partial charge in [0, 0.05) is 12.6 Å². The number of nitrogens with two attached hydrogens (primary N) is 1. The van der Waals surface area contributed by atoms with Crippen molar-refractivity contribution in [3.05, 3.63) is 0 Å². The molecule has 3 heteroatoms. The number of rotatable bonds is 7. The Morgan fingerprint density at radius 2 is 2.27 bits per heavy atom. The monoisotopic (exact) mass is 160 g/mol. The average Bonchev–Trinajstić information content (AvgIpc) is 2.03. The lowest BCUT2D eigenvalue weighted by atomic mass is 10.1. The minimum atomic E-state index is 0.272. The van der Waals surface area contributed by atoms with Gasteiger partial charge in [0.15, 0.2) is 0 Å². The summed E-state index contributed by atoms with van der Waals surface area (Å²) in [7, 11) is 0. The molecule has 0 aliphatic heterocycles. The second-order valence-electron chi connectivity index (χ2n) is 2.71. The highest BCUT2D eigenvalue weighted by Gasteiger charge is 2.02. The zero-order chi connectivity index (χ0) is 8.53. The van der Waals surface area contributed by atoms with E-state index in [1.165, 1.54) is 0 Å². The second kappa shape index (κ2) is 7.98. The molecule has 0 rings (SSSR count). The van der Waals surface area contributed by atoms with Crippen molar-refractivity contribution < 1.29 is 5.11 Å². The van der Waals surface area contributed by atoms with Crippen LogP contribution in [-0.2, 0) is 0 Å². The molecular weight excluding hydrogens is 140 g/mol. The van der Waals surface area contributed by atoms with Gasteiger partial charge in [-0.05, 0) is 32.4 Å². The molecule has 68 valence electrons. The molecule has 0 radical (unpaired) electrons. The molecule has 1 unspecified atom stereocenters. The predicted molar refractivity (Wildman–Crippen MR) is 47.5 cm³/mol. The van der Waals surface area contributed by atoms with Crippen LogP contribution in [0.2, 0.25) is 0 Å². The van der Waals surface area contributed by atoms with Crippen LogP contribution < -0.4 is 11.1 Å². The summed E-state index contributed by atoms with van der Waals surface area (Å²) in [6.07, 6.45) is 2.94. The maximum atomic E-state index is 8.66. The third kappa shape index (κ3) is 6.28. The zero-order valence-electron chi connectivity index (χ0n) is 7.34. The highest BCUT2D eigenvalue weighted by Crippen LogP contribution is 1.95. The Labute approximate surface area is 69.0 Å². The third-order valence-electron chi connectivity index (χ3n) is 1.78. The van der Waals surface area contributed by atoms with Crippen LogP contribution in [0.15, 0.2) is 0 Å². The average molecular weight is 160 g/mol. The van der Waals surface area contributed by atoms with Crippen molar-refractivity contribution in [2.45, 2.75) is 32.2 Å². The number of hydrogen-bond acceptors (Lipinski definition) is 3. The third-order valence-corrected chi connectivity index (χ3v) is 1.78. The van der Waals surface area contributed by atoms with E-state index in [1.54, 1.807) is 0 Å². The Morgan fingerprint density at radius 3 is 2.73 bits per heavy atom. The number of nitrogens with one attached hydrogen (secondary N) is 1. The molecule has 4 N–H and O–H groups in total. The van der Waals surface area contributed by atoms with Crippen molar-refractivity contribution in [2.75, 3.05) is 19.7 Å². The Morgan fingerprint density at radius 1 is 1.55 bits per heavy atom. The van der Waals surface area contributed by atoms with Crippen LogP contribution in [0.3, 0.4) is 0 Å². The molecule has 3 nitrogen and oxygen atoms in total. The SMILES string of the molecule is CCC(CCO)NCCCN. The van der Waals surface area contributed by atoms with Crippen LogP contribution in [-0.4, -0.2) is 30.8 Å². The van der Waals surface area contributed by atoms with Gasteiger partial charge in [-0.25, -0.2) is 0 Å². The van der Waals surface area contributed by atoms with Gasteiger partial charge in [-0.3, -0.25) is 0 Å². The molecule has 0 aromatic heterocycles. The van der Waals surface area contributed by atoms with Crippen LogP contribution in [0.1, 0.15) is 26.2 Å². The molecular formula is C8H20N2O. The van der Waals surface area contributed by atoms with E-state index in [4.69, 9.17) is 10.8 Å². The molecule has 0 heterocycles. The smallest absolute Gasteiger partial charge is 0.0445 e. The zero-order valence-corrected chi connectivity index (χ0v) is 7.34. The van der Waals surface area contributed by atoms with Crippen molar-refractivity contribution >= 4 is 0 Å². The van der Waals surface area contributed by atoms with Crippen LogP contribution in [0.25, 0.3) is 0 Å². The predicted octanol–water partition coefficient (Wildman–Crippen LogP) is 0.0858. The number of aliphatic hydroxyl groups is 1. The van der Waals surface area contributed by atoms with Gasteiger partial charge in [0.2, 0.25) is 0 Å². The fraction of sp³-hybridized carbons (Fsp3) is 1.00. The Balaban J connectivity index is 3.20. The molecule has 11 heavy (non-hydrogen) atoms. The van der Waals surface area contributed by atoms with Gasteiger partial charge < -0.3 is 16.2 Å². The largest absolute Gasteiger partial charge is 0.396 e. The van der Waals surface area contributed by atoms with E-state index < -0.39 is 0 Å². The summed E-state index contributed by atoms with van der Waals surface area (Å²) in [5.74, 6) is 0. The number of aliphatic hydroxyl groups excluding tert-OH is 1. The fourth-order valence-corrected chi connectivity index (χ4v) is 1.01. The molecule has 0 saturated carbocycles. The van der Waals surface area contributed by atoms with Gasteiger partial charge in [-0.15, -0.1) is 0 Å². The van der Waals surface area contributed by atoms with E-state index in [9.17, 15) is 0 Å². The summed E-state index contributed by atoms with van der Waals surface area (Å²) in [5.41, 5.74) is 5.34. The van der Waals surface area contributed by atoms with Gasteiger partial charge in [0.25, 0.3) is 0 Å². The van der Waals surface area contributed by atoms with E-state index in [1.807, 2.05) is 0 Å². The van der Waals surface area contributed by atoms with Gasteiger partial charge in [-0.2, -0.15) is 0 Å². The van der Waals surface area contributed by atoms with E-state index in [-0.39, 0.29) is 6.61 Å². The van der Waals surface area contributed by atoms with Crippen molar-refractivity contribution in [3.8, 4) is 0 Å². The van der Waals surface area contributed by atoms with Crippen LogP contribution in [0, 0.1) is 0 Å². The van der Waals surface area contributed by atoms with Gasteiger partial charge >= 0.3 is 0 Å². The summed E-state index contributed by atoms with van der Waals surface area (Å²) >= 11 is 0. The normalized spacial score (nSPS) is 13.4. The minimum Gasteiger partial charge on any atom is -0.396 e. The lowest BCUT2D eigenvalue weighted by Crippen LogP contribution is -2.31. The highest BCUT2D eigenvalue weighted by molar-refractivity contribution is 4.63. The molecule has 0 aliphatic rings. The molecule has 0 spiro atoms. The molecule has 0 fully saturated rings. The van der Waals surface area contributed by atoms with E-state index in [0.29, 0.717) is 6.04 Å². The van der Waals surface area contributed by atoms with E-state index in [0.717, 1.165) is 32.4 Å². The first-order valence-corrected chi connectivity index (χ1v) is 4.39. The summed E-state index contributed by atoms with van der Waals surface area (Å²) in [5, 5.41) is 12.0. The maximum absolute atomic E-state index is 8.66. The Bertz CT molecular complexity index is 78.5. The first kappa shape index (κ1) is 10.9. The topological polar surface area (TPSA) is 58.3 Å². The van der Waals surface area contributed by atoms with Crippen molar-refractivity contribution in [1.82, 2.24) is 5.32 Å². The highest BCUT2D eigenvalue weighted by atomic mass is 16.3. The molecule has 0 aromatic carbocycles. The molecule has 0 amide bonds. The Hall–Kier alpha value is -0.120. The van der Waals surface area contributed by atoms with Gasteiger partial charge in [-0.1, -0.05) is 6.92 Å². The standard InChI is InChI=1S/C8H20N2O/c1-2-8(4-7-11)10-6-3-5-9/h8,10-11H,2-7,9H2,1H3. The second-order valence-corrected chi connectivity index (χ2v) is 2.71. The lowest BCUT2D eigenvalue weighted by molar-refractivity contribution is 0.262.